The molecule has 3 aromatic rings. The fourth-order valence-corrected chi connectivity index (χ4v) is 3.94. The maximum absolute atomic E-state index is 12.3. The van der Waals surface area contributed by atoms with Crippen LogP contribution < -0.4 is 4.90 Å². The summed E-state index contributed by atoms with van der Waals surface area (Å²) in [6.07, 6.45) is 1.06. The molecule has 31 heavy (non-hydrogen) atoms. The molecule has 2 aromatic carbocycles. The van der Waals surface area contributed by atoms with E-state index in [0.717, 1.165) is 46.5 Å². The summed E-state index contributed by atoms with van der Waals surface area (Å²) in [7, 11) is 3.88. The predicted octanol–water partition coefficient (Wildman–Crippen LogP) is 5.37. The van der Waals surface area contributed by atoms with Gasteiger partial charge in [-0.25, -0.2) is 9.97 Å². The minimum atomic E-state index is 0.0456. The van der Waals surface area contributed by atoms with Crippen LogP contribution in [-0.2, 0) is 5.75 Å². The number of carbonyl (C=O) groups is 1. The van der Waals surface area contributed by atoms with Crippen LogP contribution in [-0.4, -0.2) is 48.0 Å². The summed E-state index contributed by atoms with van der Waals surface area (Å²) in [6, 6.07) is 20.1. The Balaban J connectivity index is 1.79. The number of hydrogen-bond acceptors (Lipinski definition) is 5. The molecule has 1 amide bonds. The molecule has 6 heteroatoms. The largest absolute Gasteiger partial charge is 0.360 e. The van der Waals surface area contributed by atoms with Gasteiger partial charge in [0, 0.05) is 50.1 Å². The van der Waals surface area contributed by atoms with Crippen LogP contribution in [0.25, 0.3) is 11.3 Å². The first kappa shape index (κ1) is 22.8. The number of anilines is 1. The normalized spacial score (nSPS) is 10.7. The smallest absolute Gasteiger partial charge is 0.253 e. The summed E-state index contributed by atoms with van der Waals surface area (Å²) in [5.41, 5.74) is 3.86. The molecule has 0 aliphatic heterocycles. The minimum Gasteiger partial charge on any atom is -0.360 e. The number of amides is 1. The predicted molar refractivity (Wildman–Crippen MR) is 130 cm³/mol. The first-order chi connectivity index (χ1) is 15.0. The lowest BCUT2D eigenvalue weighted by atomic mass is 10.1. The van der Waals surface area contributed by atoms with Crippen molar-refractivity contribution in [3.63, 3.8) is 0 Å². The number of thioether (sulfide) groups is 1. The first-order valence-electron chi connectivity index (χ1n) is 10.6. The Morgan fingerprint density at radius 1 is 0.968 bits per heavy atom. The van der Waals surface area contributed by atoms with E-state index in [0.29, 0.717) is 12.1 Å². The lowest BCUT2D eigenvalue weighted by Gasteiger charge is -2.18. The first-order valence-corrected chi connectivity index (χ1v) is 11.6. The van der Waals surface area contributed by atoms with Crippen LogP contribution in [0, 0.1) is 0 Å². The third-order valence-electron chi connectivity index (χ3n) is 5.10. The monoisotopic (exact) mass is 434 g/mol. The van der Waals surface area contributed by atoms with Gasteiger partial charge >= 0.3 is 0 Å². The highest BCUT2D eigenvalue weighted by molar-refractivity contribution is 7.98. The number of hydrogen-bond donors (Lipinski definition) is 0. The molecule has 3 rings (SSSR count). The van der Waals surface area contributed by atoms with Crippen LogP contribution in [0.1, 0.15) is 36.2 Å². The van der Waals surface area contributed by atoms with E-state index in [9.17, 15) is 4.79 Å². The average Bonchev–Trinajstić information content (AvgIpc) is 2.82. The van der Waals surface area contributed by atoms with Gasteiger partial charge < -0.3 is 9.80 Å². The maximum Gasteiger partial charge on any atom is 0.253 e. The maximum atomic E-state index is 12.3. The molecule has 5 nitrogen and oxygen atoms in total. The highest BCUT2D eigenvalue weighted by Gasteiger charge is 2.12. The molecule has 0 aliphatic carbocycles. The van der Waals surface area contributed by atoms with Gasteiger partial charge in [0.2, 0.25) is 0 Å². The summed E-state index contributed by atoms with van der Waals surface area (Å²) >= 11 is 1.61. The Morgan fingerprint density at radius 2 is 1.68 bits per heavy atom. The molecule has 162 valence electrons. The summed E-state index contributed by atoms with van der Waals surface area (Å²) < 4.78 is 0. The van der Waals surface area contributed by atoms with E-state index in [1.807, 2.05) is 56.4 Å². The van der Waals surface area contributed by atoms with Crippen LogP contribution >= 0.6 is 11.8 Å². The highest BCUT2D eigenvalue weighted by Crippen LogP contribution is 2.27. The molecule has 0 spiro atoms. The summed E-state index contributed by atoms with van der Waals surface area (Å²) in [6.45, 7) is 5.77. The second kappa shape index (κ2) is 11.0. The van der Waals surface area contributed by atoms with Crippen molar-refractivity contribution in [3.8, 4) is 11.3 Å². The van der Waals surface area contributed by atoms with Crippen LogP contribution in [0.2, 0.25) is 0 Å². The Bertz CT molecular complexity index is 992. The van der Waals surface area contributed by atoms with Crippen LogP contribution in [0.5, 0.6) is 0 Å². The number of rotatable bonds is 9. The van der Waals surface area contributed by atoms with Crippen molar-refractivity contribution in [3.05, 3.63) is 71.8 Å². The van der Waals surface area contributed by atoms with E-state index < -0.39 is 0 Å². The van der Waals surface area contributed by atoms with Gasteiger partial charge in [0.25, 0.3) is 5.91 Å². The molecule has 1 aromatic heterocycles. The van der Waals surface area contributed by atoms with Crippen molar-refractivity contribution in [1.82, 2.24) is 14.9 Å². The van der Waals surface area contributed by atoms with Crippen molar-refractivity contribution < 1.29 is 4.79 Å². The van der Waals surface area contributed by atoms with Crippen molar-refractivity contribution in [2.24, 2.45) is 0 Å². The van der Waals surface area contributed by atoms with Crippen LogP contribution in [0.4, 0.5) is 5.82 Å². The molecule has 0 aliphatic rings. The average molecular weight is 435 g/mol. The zero-order chi connectivity index (χ0) is 22.2. The molecule has 0 bridgehead atoms. The van der Waals surface area contributed by atoms with Crippen molar-refractivity contribution >= 4 is 23.5 Å². The Morgan fingerprint density at radius 3 is 2.32 bits per heavy atom. The molecule has 0 saturated carbocycles. The summed E-state index contributed by atoms with van der Waals surface area (Å²) in [5.74, 6) is 1.72. The molecule has 0 unspecified atom stereocenters. The molecular weight excluding hydrogens is 404 g/mol. The summed E-state index contributed by atoms with van der Waals surface area (Å²) in [5, 5.41) is 0.755. The van der Waals surface area contributed by atoms with Gasteiger partial charge in [-0.05, 0) is 31.0 Å². The third kappa shape index (κ3) is 6.07. The molecule has 1 heterocycles. The van der Waals surface area contributed by atoms with Gasteiger partial charge in [0.05, 0.1) is 5.69 Å². The Labute approximate surface area is 189 Å². The molecule has 0 atom stereocenters. The molecule has 0 saturated heterocycles. The van der Waals surface area contributed by atoms with Gasteiger partial charge in [0.15, 0.2) is 5.16 Å². The molecular formula is C25H30N4OS. The number of benzene rings is 2. The fourth-order valence-electron chi connectivity index (χ4n) is 3.14. The van der Waals surface area contributed by atoms with Crippen LogP contribution in [0.3, 0.4) is 0 Å². The summed E-state index contributed by atoms with van der Waals surface area (Å²) in [4.78, 5) is 25.8. The van der Waals surface area contributed by atoms with E-state index >= 15 is 0 Å². The molecule has 0 fully saturated rings. The van der Waals surface area contributed by atoms with Crippen molar-refractivity contribution in [2.45, 2.75) is 31.2 Å². The number of nitrogens with zero attached hydrogens (tertiary/aromatic N) is 4. The zero-order valence-corrected chi connectivity index (χ0v) is 19.5. The SMILES string of the molecule is CCCN(C)c1cc(-c2ccccc2)nc(SCc2ccc(C(=O)N(C)CC)cc2)n1. The fraction of sp³-hybridized carbons (Fsp3) is 0.320. The van der Waals surface area contributed by atoms with E-state index in [4.69, 9.17) is 9.97 Å². The quantitative estimate of drug-likeness (QED) is 0.334. The van der Waals surface area contributed by atoms with Crippen molar-refractivity contribution in [1.29, 1.82) is 0 Å². The van der Waals surface area contributed by atoms with Crippen LogP contribution in [0.15, 0.2) is 65.8 Å². The highest BCUT2D eigenvalue weighted by atomic mass is 32.2. The van der Waals surface area contributed by atoms with Gasteiger partial charge in [-0.3, -0.25) is 4.79 Å². The Hall–Kier alpha value is -2.86. The van der Waals surface area contributed by atoms with E-state index in [-0.39, 0.29) is 5.91 Å². The third-order valence-corrected chi connectivity index (χ3v) is 6.02. The van der Waals surface area contributed by atoms with E-state index in [1.165, 1.54) is 0 Å². The molecule has 0 N–H and O–H groups in total. The minimum absolute atomic E-state index is 0.0456. The van der Waals surface area contributed by atoms with Gasteiger partial charge in [0.1, 0.15) is 5.82 Å². The van der Waals surface area contributed by atoms with Gasteiger partial charge in [-0.2, -0.15) is 0 Å². The van der Waals surface area contributed by atoms with Gasteiger partial charge in [-0.15, -0.1) is 0 Å². The van der Waals surface area contributed by atoms with E-state index in [2.05, 4.69) is 37.1 Å². The lowest BCUT2D eigenvalue weighted by molar-refractivity contribution is 0.0802. The van der Waals surface area contributed by atoms with Crippen molar-refractivity contribution in [2.75, 3.05) is 32.1 Å². The van der Waals surface area contributed by atoms with E-state index in [1.54, 1.807) is 16.7 Å². The number of aromatic nitrogens is 2. The lowest BCUT2D eigenvalue weighted by Crippen LogP contribution is -2.26. The molecule has 0 radical (unpaired) electrons. The Kier molecular flexibility index (Phi) is 8.06. The zero-order valence-electron chi connectivity index (χ0n) is 18.7. The standard InChI is InChI=1S/C25H30N4OS/c1-5-16-29(4)23-17-22(20-10-8-7-9-11-20)26-25(27-23)31-18-19-12-14-21(15-13-19)24(30)28(3)6-2/h7-15,17H,5-6,16,18H2,1-4H3. The number of carbonyl (C=O) groups excluding carboxylic acids is 1. The second-order valence-corrected chi connectivity index (χ2v) is 8.43. The second-order valence-electron chi connectivity index (χ2n) is 7.49. The van der Waals surface area contributed by atoms with Gasteiger partial charge in [-0.1, -0.05) is 61.2 Å². The topological polar surface area (TPSA) is 49.3 Å².